The van der Waals surface area contributed by atoms with Crippen molar-refractivity contribution in [3.63, 3.8) is 0 Å². The Kier molecular flexibility index (Phi) is 22.1. The summed E-state index contributed by atoms with van der Waals surface area (Å²) in [5, 5.41) is 15.6. The van der Waals surface area contributed by atoms with Gasteiger partial charge in [0.25, 0.3) is 0 Å². The van der Waals surface area contributed by atoms with Crippen molar-refractivity contribution in [1.29, 1.82) is 0 Å². The maximum atomic E-state index is 9.55. The van der Waals surface area contributed by atoms with Gasteiger partial charge in [-0.25, -0.2) is 9.59 Å². The number of carboxylic acid groups (broad SMARTS) is 2. The fourth-order valence-corrected chi connectivity index (χ4v) is 0.143. The van der Waals surface area contributed by atoms with Crippen LogP contribution < -0.4 is 0 Å². The van der Waals surface area contributed by atoms with E-state index in [1.54, 1.807) is 6.08 Å². The largest absolute Gasteiger partial charge is 0.478 e. The zero-order valence-electron chi connectivity index (χ0n) is 7.56. The molecule has 0 radical (unpaired) electrons. The SMILES string of the molecule is C=C.C=CC.O=C(O)C=CC(=O)O. The molecule has 0 aromatic rings. The average Bonchev–Trinajstić information content (AvgIpc) is 2.06. The van der Waals surface area contributed by atoms with Gasteiger partial charge in [0.2, 0.25) is 0 Å². The molecule has 0 aliphatic rings. The molecule has 74 valence electrons. The van der Waals surface area contributed by atoms with E-state index in [4.69, 9.17) is 10.2 Å². The zero-order chi connectivity index (χ0) is 11.3. The number of hydrogen-bond acceptors (Lipinski definition) is 2. The molecule has 0 rings (SSSR count). The molecule has 0 bridgehead atoms. The molecule has 0 atom stereocenters. The maximum absolute atomic E-state index is 9.55. The van der Waals surface area contributed by atoms with E-state index in [9.17, 15) is 9.59 Å². The fourth-order valence-electron chi connectivity index (χ4n) is 0.143. The lowest BCUT2D eigenvalue weighted by molar-refractivity contribution is -0.134. The van der Waals surface area contributed by atoms with Crippen LogP contribution in [0.3, 0.4) is 0 Å². The van der Waals surface area contributed by atoms with E-state index in [-0.39, 0.29) is 0 Å². The van der Waals surface area contributed by atoms with Gasteiger partial charge in [-0.15, -0.1) is 19.7 Å². The summed E-state index contributed by atoms with van der Waals surface area (Å²) in [5.74, 6) is -2.51. The van der Waals surface area contributed by atoms with E-state index in [0.717, 1.165) is 0 Å². The highest BCUT2D eigenvalue weighted by atomic mass is 16.4. The van der Waals surface area contributed by atoms with Crippen molar-refractivity contribution in [2.75, 3.05) is 0 Å². The molecule has 13 heavy (non-hydrogen) atoms. The van der Waals surface area contributed by atoms with Crippen LogP contribution in [0.1, 0.15) is 6.92 Å². The summed E-state index contributed by atoms with van der Waals surface area (Å²) in [5.41, 5.74) is 0. The van der Waals surface area contributed by atoms with Crippen molar-refractivity contribution in [2.24, 2.45) is 0 Å². The normalized spacial score (nSPS) is 7.15. The number of carbonyl (C=O) groups is 2. The molecule has 2 N–H and O–H groups in total. The molecule has 0 saturated carbocycles. The molecule has 0 aromatic heterocycles. The summed E-state index contributed by atoms with van der Waals surface area (Å²) >= 11 is 0. The fraction of sp³-hybridized carbons (Fsp3) is 0.111. The third-order valence-corrected chi connectivity index (χ3v) is 0.368. The van der Waals surface area contributed by atoms with Crippen molar-refractivity contribution in [3.8, 4) is 0 Å². The summed E-state index contributed by atoms with van der Waals surface area (Å²) in [7, 11) is 0. The first-order valence-electron chi connectivity index (χ1n) is 3.25. The Bertz CT molecular complexity index is 166. The van der Waals surface area contributed by atoms with Crippen LogP contribution in [0.2, 0.25) is 0 Å². The predicted molar refractivity (Wildman–Crippen MR) is 51.5 cm³/mol. The maximum Gasteiger partial charge on any atom is 0.328 e. The lowest BCUT2D eigenvalue weighted by Crippen LogP contribution is -1.91. The molecule has 0 heterocycles. The summed E-state index contributed by atoms with van der Waals surface area (Å²) in [6, 6.07) is 0. The second-order valence-corrected chi connectivity index (χ2v) is 1.42. The van der Waals surface area contributed by atoms with Crippen molar-refractivity contribution in [2.45, 2.75) is 6.92 Å². The minimum absolute atomic E-state index is 0.558. The van der Waals surface area contributed by atoms with Crippen LogP contribution in [-0.2, 0) is 9.59 Å². The van der Waals surface area contributed by atoms with Gasteiger partial charge in [0, 0.05) is 12.2 Å². The molecule has 0 fully saturated rings. The molecule has 0 amide bonds. The summed E-state index contributed by atoms with van der Waals surface area (Å²) in [4.78, 5) is 19.1. The topological polar surface area (TPSA) is 74.6 Å². The van der Waals surface area contributed by atoms with Gasteiger partial charge >= 0.3 is 11.9 Å². The van der Waals surface area contributed by atoms with Gasteiger partial charge in [-0.05, 0) is 6.92 Å². The van der Waals surface area contributed by atoms with E-state index in [0.29, 0.717) is 12.2 Å². The Hall–Kier alpha value is -1.84. The van der Waals surface area contributed by atoms with Crippen LogP contribution in [0, 0.1) is 0 Å². The molecular weight excluding hydrogens is 172 g/mol. The van der Waals surface area contributed by atoms with Gasteiger partial charge in [-0.3, -0.25) is 0 Å². The van der Waals surface area contributed by atoms with Gasteiger partial charge < -0.3 is 10.2 Å². The first-order valence-corrected chi connectivity index (χ1v) is 3.25. The third-order valence-electron chi connectivity index (χ3n) is 0.368. The second-order valence-electron chi connectivity index (χ2n) is 1.42. The van der Waals surface area contributed by atoms with E-state index in [1.807, 2.05) is 6.92 Å². The van der Waals surface area contributed by atoms with Gasteiger partial charge in [0.05, 0.1) is 0 Å². The monoisotopic (exact) mass is 186 g/mol. The first-order chi connectivity index (χ1) is 6.04. The van der Waals surface area contributed by atoms with Crippen molar-refractivity contribution >= 4 is 11.9 Å². The molecule has 0 aliphatic carbocycles. The van der Waals surface area contributed by atoms with E-state index in [2.05, 4.69) is 19.7 Å². The molecule has 0 unspecified atom stereocenters. The lowest BCUT2D eigenvalue weighted by atomic mass is 10.5. The van der Waals surface area contributed by atoms with Crippen LogP contribution in [0.5, 0.6) is 0 Å². The summed E-state index contributed by atoms with van der Waals surface area (Å²) in [6.45, 7) is 11.2. The molecule has 4 heteroatoms. The van der Waals surface area contributed by atoms with Crippen molar-refractivity contribution in [3.05, 3.63) is 38.0 Å². The Morgan fingerprint density at radius 1 is 1.08 bits per heavy atom. The Balaban J connectivity index is -0.000000169. The van der Waals surface area contributed by atoms with Gasteiger partial charge in [-0.1, -0.05) is 6.08 Å². The quantitative estimate of drug-likeness (QED) is 0.508. The van der Waals surface area contributed by atoms with Gasteiger partial charge in [0.1, 0.15) is 0 Å². The third kappa shape index (κ3) is 67.7. The van der Waals surface area contributed by atoms with Gasteiger partial charge in [0.15, 0.2) is 0 Å². The average molecular weight is 186 g/mol. The minimum Gasteiger partial charge on any atom is -0.478 e. The number of hydrogen-bond donors (Lipinski definition) is 2. The standard InChI is InChI=1S/C4H4O4.C3H6.C2H4/c5-3(6)1-2-4(7)8;1-3-2;1-2/h1-2H,(H,5,6)(H,7,8);3H,1H2,2H3;1-2H2. The smallest absolute Gasteiger partial charge is 0.328 e. The first kappa shape index (κ1) is 17.3. The Morgan fingerprint density at radius 2 is 1.23 bits per heavy atom. The predicted octanol–water partition coefficient (Wildman–Crippen LogP) is 1.71. The molecule has 4 nitrogen and oxygen atoms in total. The highest BCUT2D eigenvalue weighted by Crippen LogP contribution is 1.70. The molecule has 0 saturated heterocycles. The minimum atomic E-state index is -1.26. The second kappa shape index (κ2) is 16.6. The zero-order valence-corrected chi connectivity index (χ0v) is 7.56. The van der Waals surface area contributed by atoms with Crippen LogP contribution in [0.15, 0.2) is 38.0 Å². The Labute approximate surface area is 77.5 Å². The van der Waals surface area contributed by atoms with Crippen LogP contribution >= 0.6 is 0 Å². The van der Waals surface area contributed by atoms with Crippen LogP contribution in [-0.4, -0.2) is 22.2 Å². The Morgan fingerprint density at radius 3 is 1.31 bits per heavy atom. The van der Waals surface area contributed by atoms with Crippen LogP contribution in [0.25, 0.3) is 0 Å². The van der Waals surface area contributed by atoms with E-state index in [1.165, 1.54) is 0 Å². The highest BCUT2D eigenvalue weighted by molar-refractivity contribution is 5.89. The van der Waals surface area contributed by atoms with Crippen molar-refractivity contribution < 1.29 is 19.8 Å². The summed E-state index contributed by atoms with van der Waals surface area (Å²) in [6.07, 6.45) is 2.87. The number of carboxylic acids is 2. The lowest BCUT2D eigenvalue weighted by Gasteiger charge is -1.74. The van der Waals surface area contributed by atoms with Gasteiger partial charge in [-0.2, -0.15) is 0 Å². The molecule has 0 spiro atoms. The molecular formula is C9H14O4. The van der Waals surface area contributed by atoms with E-state index >= 15 is 0 Å². The molecule has 0 aliphatic heterocycles. The number of allylic oxidation sites excluding steroid dienone is 1. The number of rotatable bonds is 2. The van der Waals surface area contributed by atoms with E-state index < -0.39 is 11.9 Å². The van der Waals surface area contributed by atoms with Crippen LogP contribution in [0.4, 0.5) is 0 Å². The number of aliphatic carboxylic acids is 2. The van der Waals surface area contributed by atoms with Crippen molar-refractivity contribution in [1.82, 2.24) is 0 Å². The highest BCUT2D eigenvalue weighted by Gasteiger charge is 1.88. The molecule has 0 aromatic carbocycles. The summed E-state index contributed by atoms with van der Waals surface area (Å²) < 4.78 is 0.